The zero-order valence-electron chi connectivity index (χ0n) is 15.4. The molecule has 3 heterocycles. The first-order valence-corrected chi connectivity index (χ1v) is 8.91. The van der Waals surface area contributed by atoms with Crippen molar-refractivity contribution in [1.82, 2.24) is 4.98 Å². The van der Waals surface area contributed by atoms with E-state index in [-0.39, 0.29) is 5.41 Å². The number of hydrogen-bond acceptors (Lipinski definition) is 4. The maximum atomic E-state index is 6.68. The summed E-state index contributed by atoms with van der Waals surface area (Å²) in [5, 5.41) is 2.30. The van der Waals surface area contributed by atoms with Crippen molar-refractivity contribution in [2.45, 2.75) is 31.9 Å². The molecule has 5 rings (SSSR count). The maximum absolute atomic E-state index is 6.68. The minimum Gasteiger partial charge on any atom is -0.459 e. The van der Waals surface area contributed by atoms with Gasteiger partial charge in [0, 0.05) is 18.6 Å². The molecule has 2 aliphatic heterocycles. The predicted molar refractivity (Wildman–Crippen MR) is 106 cm³/mol. The normalized spacial score (nSPS) is 22.4. The SMILES string of the molecule is Cc1ccc2ccc3c(c2c1)N=CC1(O3)N(C)c2cccnc2C1(C)C. The van der Waals surface area contributed by atoms with Gasteiger partial charge in [0.15, 0.2) is 0 Å². The van der Waals surface area contributed by atoms with Crippen molar-refractivity contribution in [2.24, 2.45) is 4.99 Å². The van der Waals surface area contributed by atoms with Crippen LogP contribution < -0.4 is 9.64 Å². The molecule has 0 aliphatic carbocycles. The van der Waals surface area contributed by atoms with Crippen molar-refractivity contribution in [1.29, 1.82) is 0 Å². The Morgan fingerprint density at radius 2 is 1.88 bits per heavy atom. The molecule has 2 aliphatic rings. The molecule has 0 saturated heterocycles. The summed E-state index contributed by atoms with van der Waals surface area (Å²) in [4.78, 5) is 11.7. The third kappa shape index (κ3) is 1.74. The molecule has 2 aromatic carbocycles. The monoisotopic (exact) mass is 343 g/mol. The molecule has 4 nitrogen and oxygen atoms in total. The van der Waals surface area contributed by atoms with E-state index >= 15 is 0 Å². The average molecular weight is 343 g/mol. The first-order chi connectivity index (χ1) is 12.4. The van der Waals surface area contributed by atoms with Gasteiger partial charge in [-0.25, -0.2) is 0 Å². The maximum Gasteiger partial charge on any atom is 0.230 e. The van der Waals surface area contributed by atoms with Gasteiger partial charge in [-0.15, -0.1) is 0 Å². The fraction of sp³-hybridized carbons (Fsp3) is 0.273. The van der Waals surface area contributed by atoms with E-state index in [1.54, 1.807) is 0 Å². The fourth-order valence-electron chi connectivity index (χ4n) is 4.32. The van der Waals surface area contributed by atoms with Gasteiger partial charge in [0.05, 0.1) is 23.0 Å². The highest BCUT2D eigenvalue weighted by Gasteiger charge is 2.59. The molecule has 1 spiro atoms. The number of rotatable bonds is 0. The Bertz CT molecular complexity index is 1090. The lowest BCUT2D eigenvalue weighted by atomic mass is 9.80. The van der Waals surface area contributed by atoms with E-state index < -0.39 is 5.72 Å². The molecular weight excluding hydrogens is 322 g/mol. The first kappa shape index (κ1) is 15.4. The Morgan fingerprint density at radius 3 is 2.69 bits per heavy atom. The molecule has 1 atom stereocenters. The van der Waals surface area contributed by atoms with Crippen LogP contribution in [0.15, 0.2) is 53.7 Å². The fourth-order valence-corrected chi connectivity index (χ4v) is 4.32. The lowest BCUT2D eigenvalue weighted by Gasteiger charge is -2.44. The van der Waals surface area contributed by atoms with Crippen molar-refractivity contribution in [3.8, 4) is 5.75 Å². The lowest BCUT2D eigenvalue weighted by molar-refractivity contribution is 0.0811. The Hall–Kier alpha value is -2.88. The van der Waals surface area contributed by atoms with Crippen molar-refractivity contribution in [3.63, 3.8) is 0 Å². The van der Waals surface area contributed by atoms with Crippen LogP contribution in [0.3, 0.4) is 0 Å². The van der Waals surface area contributed by atoms with E-state index in [0.717, 1.165) is 28.2 Å². The van der Waals surface area contributed by atoms with Gasteiger partial charge in [-0.05, 0) is 50.4 Å². The summed E-state index contributed by atoms with van der Waals surface area (Å²) >= 11 is 0. The third-order valence-electron chi connectivity index (χ3n) is 5.88. The first-order valence-electron chi connectivity index (χ1n) is 8.91. The van der Waals surface area contributed by atoms with Gasteiger partial charge < -0.3 is 9.64 Å². The number of hydrogen-bond donors (Lipinski definition) is 0. The summed E-state index contributed by atoms with van der Waals surface area (Å²) < 4.78 is 6.68. The number of likely N-dealkylation sites (N-methyl/N-ethyl adjacent to an activating group) is 1. The number of ether oxygens (including phenoxy) is 1. The summed E-state index contributed by atoms with van der Waals surface area (Å²) in [5.41, 5.74) is 3.23. The van der Waals surface area contributed by atoms with Crippen LogP contribution in [-0.4, -0.2) is 24.0 Å². The van der Waals surface area contributed by atoms with Crippen molar-refractivity contribution in [3.05, 3.63) is 59.9 Å². The average Bonchev–Trinajstić information content (AvgIpc) is 2.80. The number of nitrogens with zero attached hydrogens (tertiary/aromatic N) is 3. The number of aryl methyl sites for hydroxylation is 1. The summed E-state index contributed by atoms with van der Waals surface area (Å²) in [6, 6.07) is 14.6. The molecule has 0 fully saturated rings. The molecule has 1 aromatic heterocycles. The minimum atomic E-state index is -0.686. The molecule has 26 heavy (non-hydrogen) atoms. The van der Waals surface area contributed by atoms with E-state index in [1.807, 2.05) is 24.5 Å². The largest absolute Gasteiger partial charge is 0.459 e. The standard InChI is InChI=1S/C22H21N3O/c1-14-7-8-15-9-10-18-19(16(15)12-14)24-13-22(26-18)21(2,3)20-17(25(22)4)6-5-11-23-20/h5-13H,1-4H3. The predicted octanol–water partition coefficient (Wildman–Crippen LogP) is 4.76. The molecule has 0 N–H and O–H groups in total. The van der Waals surface area contributed by atoms with E-state index in [1.165, 1.54) is 10.9 Å². The second-order valence-corrected chi connectivity index (χ2v) is 7.75. The van der Waals surface area contributed by atoms with Crippen LogP contribution in [0.4, 0.5) is 11.4 Å². The van der Waals surface area contributed by atoms with Crippen LogP contribution in [0, 0.1) is 6.92 Å². The highest BCUT2D eigenvalue weighted by atomic mass is 16.5. The Labute approximate surface area is 153 Å². The Kier molecular flexibility index (Phi) is 2.87. The third-order valence-corrected chi connectivity index (χ3v) is 5.88. The minimum absolute atomic E-state index is 0.332. The molecule has 1 unspecified atom stereocenters. The summed E-state index contributed by atoms with van der Waals surface area (Å²) in [7, 11) is 2.05. The van der Waals surface area contributed by atoms with Gasteiger partial charge in [0.25, 0.3) is 0 Å². The lowest BCUT2D eigenvalue weighted by Crippen LogP contribution is -2.61. The summed E-state index contributed by atoms with van der Waals surface area (Å²) in [6.45, 7) is 6.44. The van der Waals surface area contributed by atoms with Crippen LogP contribution in [0.2, 0.25) is 0 Å². The number of aromatic nitrogens is 1. The van der Waals surface area contributed by atoms with Crippen LogP contribution in [-0.2, 0) is 5.41 Å². The summed E-state index contributed by atoms with van der Waals surface area (Å²) in [5.74, 6) is 0.818. The number of pyridine rings is 1. The van der Waals surface area contributed by atoms with E-state index in [0.29, 0.717) is 0 Å². The van der Waals surface area contributed by atoms with E-state index in [4.69, 9.17) is 9.73 Å². The highest BCUT2D eigenvalue weighted by molar-refractivity contribution is 6.00. The number of aliphatic imine (C=N–C) groups is 1. The van der Waals surface area contributed by atoms with Gasteiger partial charge >= 0.3 is 0 Å². The molecule has 3 aromatic rings. The zero-order chi connectivity index (χ0) is 18.1. The second kappa shape index (κ2) is 4.85. The van der Waals surface area contributed by atoms with Gasteiger partial charge in [-0.1, -0.05) is 23.8 Å². The van der Waals surface area contributed by atoms with Gasteiger partial charge in [0.2, 0.25) is 5.72 Å². The molecule has 130 valence electrons. The molecule has 4 heteroatoms. The quantitative estimate of drug-likeness (QED) is 0.590. The van der Waals surface area contributed by atoms with E-state index in [2.05, 4.69) is 68.0 Å². The zero-order valence-corrected chi connectivity index (χ0v) is 15.4. The Balaban J connectivity index is 1.72. The molecule has 0 saturated carbocycles. The van der Waals surface area contributed by atoms with Crippen LogP contribution >= 0.6 is 0 Å². The highest BCUT2D eigenvalue weighted by Crippen LogP contribution is 2.53. The van der Waals surface area contributed by atoms with Crippen LogP contribution in [0.5, 0.6) is 5.75 Å². The van der Waals surface area contributed by atoms with Crippen LogP contribution in [0.1, 0.15) is 25.1 Å². The molecular formula is C22H21N3O. The number of anilines is 1. The van der Waals surface area contributed by atoms with Crippen LogP contribution in [0.25, 0.3) is 10.8 Å². The molecule has 0 amide bonds. The van der Waals surface area contributed by atoms with E-state index in [9.17, 15) is 0 Å². The Morgan fingerprint density at radius 1 is 1.08 bits per heavy atom. The second-order valence-electron chi connectivity index (χ2n) is 7.75. The number of benzene rings is 2. The van der Waals surface area contributed by atoms with Gasteiger partial charge in [0.1, 0.15) is 11.4 Å². The van der Waals surface area contributed by atoms with Crippen molar-refractivity contribution < 1.29 is 4.74 Å². The van der Waals surface area contributed by atoms with Crippen molar-refractivity contribution >= 4 is 28.4 Å². The van der Waals surface area contributed by atoms with Gasteiger partial charge in [-0.3, -0.25) is 9.98 Å². The smallest absolute Gasteiger partial charge is 0.230 e. The van der Waals surface area contributed by atoms with Crippen molar-refractivity contribution in [2.75, 3.05) is 11.9 Å². The van der Waals surface area contributed by atoms with Gasteiger partial charge in [-0.2, -0.15) is 0 Å². The summed E-state index contributed by atoms with van der Waals surface area (Å²) in [6.07, 6.45) is 3.80. The molecule has 0 radical (unpaired) electrons. The molecule has 0 bridgehead atoms. The number of fused-ring (bicyclic) bond motifs is 4. The topological polar surface area (TPSA) is 37.7 Å².